The van der Waals surface area contributed by atoms with Crippen molar-refractivity contribution in [3.63, 3.8) is 0 Å². The Hall–Kier alpha value is -1.55. The Bertz CT molecular complexity index is 572. The number of benzene rings is 1. The molecule has 1 saturated heterocycles. The molecule has 0 radical (unpaired) electrons. The van der Waals surface area contributed by atoms with Crippen molar-refractivity contribution in [1.29, 1.82) is 0 Å². The third-order valence-corrected chi connectivity index (χ3v) is 3.75. The van der Waals surface area contributed by atoms with E-state index in [9.17, 15) is 0 Å². The molecule has 2 aromatic rings. The number of rotatable bonds is 1. The van der Waals surface area contributed by atoms with Gasteiger partial charge < -0.3 is 10.2 Å². The minimum absolute atomic E-state index is 0.558. The maximum Gasteiger partial charge on any atom is 0.0702 e. The number of aryl methyl sites for hydroxylation is 2. The van der Waals surface area contributed by atoms with E-state index in [0.29, 0.717) is 6.04 Å². The lowest BCUT2D eigenvalue weighted by atomic mass is 10.1. The molecule has 1 fully saturated rings. The highest BCUT2D eigenvalue weighted by Gasteiger charge is 2.16. The molecule has 0 aliphatic carbocycles. The second kappa shape index (κ2) is 4.28. The molecule has 4 nitrogen and oxygen atoms in total. The fraction of sp³-hybridized carbons (Fsp3) is 0.500. The van der Waals surface area contributed by atoms with Crippen molar-refractivity contribution in [3.8, 4) is 0 Å². The Labute approximate surface area is 108 Å². The van der Waals surface area contributed by atoms with Crippen LogP contribution in [0.2, 0.25) is 0 Å². The molecule has 1 atom stereocenters. The van der Waals surface area contributed by atoms with Gasteiger partial charge in [0.05, 0.1) is 11.2 Å². The molecular formula is C14H20N4. The average Bonchev–Trinajstić information content (AvgIpc) is 2.65. The zero-order valence-electron chi connectivity index (χ0n) is 11.3. The molecule has 1 unspecified atom stereocenters. The van der Waals surface area contributed by atoms with Crippen molar-refractivity contribution >= 4 is 16.6 Å². The molecule has 1 aliphatic rings. The lowest BCUT2D eigenvalue weighted by molar-refractivity contribution is 0.485. The first kappa shape index (κ1) is 11.5. The van der Waals surface area contributed by atoms with Crippen molar-refractivity contribution in [2.45, 2.75) is 19.9 Å². The van der Waals surface area contributed by atoms with Crippen LogP contribution in [-0.4, -0.2) is 35.5 Å². The van der Waals surface area contributed by atoms with Crippen LogP contribution in [0.15, 0.2) is 18.2 Å². The number of aromatic nitrogens is 2. The van der Waals surface area contributed by atoms with Gasteiger partial charge in [0.1, 0.15) is 0 Å². The predicted octanol–water partition coefficient (Wildman–Crippen LogP) is 1.68. The first-order valence-corrected chi connectivity index (χ1v) is 6.57. The largest absolute Gasteiger partial charge is 0.369 e. The van der Waals surface area contributed by atoms with Crippen LogP contribution in [0.3, 0.4) is 0 Å². The lowest BCUT2D eigenvalue weighted by Crippen LogP contribution is -2.49. The number of hydrogen-bond donors (Lipinski definition) is 1. The second-order valence-corrected chi connectivity index (χ2v) is 5.21. The summed E-state index contributed by atoms with van der Waals surface area (Å²) in [7, 11) is 2.01. The minimum Gasteiger partial charge on any atom is -0.369 e. The van der Waals surface area contributed by atoms with Crippen LogP contribution < -0.4 is 10.2 Å². The van der Waals surface area contributed by atoms with Crippen LogP contribution >= 0.6 is 0 Å². The van der Waals surface area contributed by atoms with Crippen molar-refractivity contribution in [3.05, 3.63) is 23.9 Å². The van der Waals surface area contributed by atoms with E-state index in [-0.39, 0.29) is 0 Å². The smallest absolute Gasteiger partial charge is 0.0702 e. The van der Waals surface area contributed by atoms with Gasteiger partial charge in [-0.15, -0.1) is 0 Å². The van der Waals surface area contributed by atoms with Gasteiger partial charge >= 0.3 is 0 Å². The minimum atomic E-state index is 0.558. The number of piperazine rings is 1. The number of fused-ring (bicyclic) bond motifs is 1. The van der Waals surface area contributed by atoms with Gasteiger partial charge in [-0.1, -0.05) is 0 Å². The second-order valence-electron chi connectivity index (χ2n) is 5.21. The molecule has 1 aromatic carbocycles. The number of nitrogens with zero attached hydrogens (tertiary/aromatic N) is 3. The van der Waals surface area contributed by atoms with Crippen LogP contribution in [0.5, 0.6) is 0 Å². The van der Waals surface area contributed by atoms with Crippen LogP contribution in [0.4, 0.5) is 5.69 Å². The molecule has 1 aromatic heterocycles. The van der Waals surface area contributed by atoms with Crippen molar-refractivity contribution in [2.24, 2.45) is 7.05 Å². The fourth-order valence-corrected chi connectivity index (χ4v) is 2.79. The van der Waals surface area contributed by atoms with Gasteiger partial charge in [-0.2, -0.15) is 5.10 Å². The summed E-state index contributed by atoms with van der Waals surface area (Å²) < 4.78 is 1.97. The Morgan fingerprint density at radius 1 is 1.39 bits per heavy atom. The van der Waals surface area contributed by atoms with E-state index in [1.807, 2.05) is 11.7 Å². The zero-order chi connectivity index (χ0) is 12.7. The summed E-state index contributed by atoms with van der Waals surface area (Å²) >= 11 is 0. The number of hydrogen-bond acceptors (Lipinski definition) is 3. The lowest BCUT2D eigenvalue weighted by Gasteiger charge is -2.33. The van der Waals surface area contributed by atoms with E-state index in [4.69, 9.17) is 0 Å². The molecule has 4 heteroatoms. The summed E-state index contributed by atoms with van der Waals surface area (Å²) in [5.41, 5.74) is 3.63. The monoisotopic (exact) mass is 244 g/mol. The quantitative estimate of drug-likeness (QED) is 0.828. The summed E-state index contributed by atoms with van der Waals surface area (Å²) in [6.45, 7) is 7.51. The van der Waals surface area contributed by atoms with Crippen molar-refractivity contribution in [2.75, 3.05) is 24.5 Å². The van der Waals surface area contributed by atoms with Gasteiger partial charge in [0.25, 0.3) is 0 Å². The molecular weight excluding hydrogens is 224 g/mol. The molecule has 2 heterocycles. The first-order chi connectivity index (χ1) is 8.65. The summed E-state index contributed by atoms with van der Waals surface area (Å²) in [6.07, 6.45) is 0. The molecule has 3 rings (SSSR count). The van der Waals surface area contributed by atoms with E-state index in [2.05, 4.69) is 47.4 Å². The van der Waals surface area contributed by atoms with Crippen LogP contribution in [0.1, 0.15) is 12.6 Å². The topological polar surface area (TPSA) is 33.1 Å². The predicted molar refractivity (Wildman–Crippen MR) is 75.1 cm³/mol. The highest BCUT2D eigenvalue weighted by Crippen LogP contribution is 2.24. The van der Waals surface area contributed by atoms with Crippen molar-refractivity contribution < 1.29 is 0 Å². The summed E-state index contributed by atoms with van der Waals surface area (Å²) in [4.78, 5) is 2.45. The van der Waals surface area contributed by atoms with E-state index < -0.39 is 0 Å². The van der Waals surface area contributed by atoms with Crippen LogP contribution in [0.25, 0.3) is 10.9 Å². The van der Waals surface area contributed by atoms with Gasteiger partial charge in [-0.05, 0) is 32.0 Å². The Balaban J connectivity index is 2.00. The van der Waals surface area contributed by atoms with Gasteiger partial charge in [0, 0.05) is 43.8 Å². The maximum absolute atomic E-state index is 4.48. The average molecular weight is 244 g/mol. The molecule has 96 valence electrons. The first-order valence-electron chi connectivity index (χ1n) is 6.57. The standard InChI is InChI=1S/C14H20N4/c1-10-9-18(7-6-15-10)12-4-5-13-11(2)16-17(3)14(13)8-12/h4-5,8,10,15H,6-7,9H2,1-3H3. The SMILES string of the molecule is Cc1nn(C)c2cc(N3CCNC(C)C3)ccc12. The number of anilines is 1. The molecule has 0 bridgehead atoms. The molecule has 0 amide bonds. The van der Waals surface area contributed by atoms with Gasteiger partial charge in [-0.3, -0.25) is 4.68 Å². The third kappa shape index (κ3) is 1.86. The molecule has 1 aliphatic heterocycles. The van der Waals surface area contributed by atoms with Gasteiger partial charge in [0.15, 0.2) is 0 Å². The highest BCUT2D eigenvalue weighted by molar-refractivity contribution is 5.85. The molecule has 0 saturated carbocycles. The summed E-state index contributed by atoms with van der Waals surface area (Å²) in [5, 5.41) is 9.21. The van der Waals surface area contributed by atoms with E-state index in [1.54, 1.807) is 0 Å². The third-order valence-electron chi connectivity index (χ3n) is 3.75. The summed E-state index contributed by atoms with van der Waals surface area (Å²) in [6, 6.07) is 7.23. The van der Waals surface area contributed by atoms with E-state index in [0.717, 1.165) is 25.3 Å². The molecule has 0 spiro atoms. The van der Waals surface area contributed by atoms with Gasteiger partial charge in [0.2, 0.25) is 0 Å². The number of nitrogens with one attached hydrogen (secondary N) is 1. The molecule has 1 N–H and O–H groups in total. The van der Waals surface area contributed by atoms with Gasteiger partial charge in [-0.25, -0.2) is 0 Å². The van der Waals surface area contributed by atoms with E-state index in [1.165, 1.54) is 16.6 Å². The van der Waals surface area contributed by atoms with Crippen molar-refractivity contribution in [1.82, 2.24) is 15.1 Å². The molecule has 18 heavy (non-hydrogen) atoms. The maximum atomic E-state index is 4.48. The normalized spacial score (nSPS) is 20.6. The Kier molecular flexibility index (Phi) is 2.74. The zero-order valence-corrected chi connectivity index (χ0v) is 11.3. The van der Waals surface area contributed by atoms with E-state index >= 15 is 0 Å². The Morgan fingerprint density at radius 2 is 2.22 bits per heavy atom. The summed E-state index contributed by atoms with van der Waals surface area (Å²) in [5.74, 6) is 0. The van der Waals surface area contributed by atoms with Crippen LogP contribution in [0, 0.1) is 6.92 Å². The fourth-order valence-electron chi connectivity index (χ4n) is 2.79. The Morgan fingerprint density at radius 3 is 3.00 bits per heavy atom. The van der Waals surface area contributed by atoms with Crippen LogP contribution in [-0.2, 0) is 7.05 Å². The highest BCUT2D eigenvalue weighted by atomic mass is 15.3.